The van der Waals surface area contributed by atoms with Crippen LogP contribution in [0, 0.1) is 0 Å². The minimum absolute atomic E-state index is 0.289. The molecule has 0 amide bonds. The molecule has 0 aliphatic heterocycles. The molecule has 2 heterocycles. The van der Waals surface area contributed by atoms with E-state index in [9.17, 15) is 0 Å². The van der Waals surface area contributed by atoms with E-state index >= 15 is 0 Å². The Labute approximate surface area is 128 Å². The molecule has 1 aliphatic carbocycles. The fourth-order valence-corrected chi connectivity index (χ4v) is 2.52. The highest BCUT2D eigenvalue weighted by molar-refractivity contribution is 7.80. The number of pyridine rings is 2. The van der Waals surface area contributed by atoms with Crippen molar-refractivity contribution in [1.82, 2.24) is 15.3 Å². The van der Waals surface area contributed by atoms with Gasteiger partial charge in [0.05, 0.1) is 12.8 Å². The van der Waals surface area contributed by atoms with Crippen molar-refractivity contribution in [3.8, 4) is 5.75 Å². The number of nitrogens with one attached hydrogen (secondary N) is 2. The average Bonchev–Trinajstić information content (AvgIpc) is 3.27. The van der Waals surface area contributed by atoms with Crippen LogP contribution in [0.5, 0.6) is 5.75 Å². The van der Waals surface area contributed by atoms with Gasteiger partial charge in [-0.25, -0.2) is 4.98 Å². The van der Waals surface area contributed by atoms with E-state index in [0.717, 1.165) is 23.7 Å². The second kappa shape index (κ2) is 6.05. The number of methoxy groups -OCH3 is 1. The molecule has 0 saturated heterocycles. The van der Waals surface area contributed by atoms with Gasteiger partial charge in [-0.2, -0.15) is 0 Å². The minimum atomic E-state index is 0.289. The van der Waals surface area contributed by atoms with Crippen molar-refractivity contribution in [2.24, 2.45) is 0 Å². The van der Waals surface area contributed by atoms with Crippen LogP contribution in [0.2, 0.25) is 0 Å². The van der Waals surface area contributed by atoms with Gasteiger partial charge in [0.1, 0.15) is 11.6 Å². The quantitative estimate of drug-likeness (QED) is 0.845. The molecule has 3 rings (SSSR count). The Bertz CT molecular complexity index is 635. The van der Waals surface area contributed by atoms with E-state index in [1.165, 1.54) is 0 Å². The maximum absolute atomic E-state index is 5.35. The zero-order chi connectivity index (χ0) is 14.7. The first-order valence-corrected chi connectivity index (χ1v) is 7.16. The van der Waals surface area contributed by atoms with Gasteiger partial charge in [-0.05, 0) is 42.9 Å². The lowest BCUT2D eigenvalue weighted by atomic mass is 10.2. The number of hydrogen-bond donors (Lipinski definition) is 2. The Balaban J connectivity index is 1.57. The maximum Gasteiger partial charge on any atom is 0.172 e. The van der Waals surface area contributed by atoms with Gasteiger partial charge in [-0.15, -0.1) is 0 Å². The lowest BCUT2D eigenvalue weighted by molar-refractivity contribution is 0.406. The van der Waals surface area contributed by atoms with Crippen molar-refractivity contribution < 1.29 is 4.74 Å². The Kier molecular flexibility index (Phi) is 3.96. The Morgan fingerprint density at radius 3 is 2.86 bits per heavy atom. The summed E-state index contributed by atoms with van der Waals surface area (Å²) in [5.41, 5.74) is 0.984. The van der Waals surface area contributed by atoms with E-state index in [0.29, 0.717) is 11.0 Å². The molecular formula is C15H16N4OS. The smallest absolute Gasteiger partial charge is 0.172 e. The second-order valence-electron chi connectivity index (χ2n) is 4.85. The van der Waals surface area contributed by atoms with Gasteiger partial charge in [0, 0.05) is 24.4 Å². The van der Waals surface area contributed by atoms with Crippen molar-refractivity contribution in [2.75, 3.05) is 12.4 Å². The molecule has 2 N–H and O–H groups in total. The van der Waals surface area contributed by atoms with Crippen LogP contribution in [0.4, 0.5) is 5.82 Å². The van der Waals surface area contributed by atoms with Crippen LogP contribution in [0.15, 0.2) is 42.7 Å². The van der Waals surface area contributed by atoms with Gasteiger partial charge in [0.25, 0.3) is 0 Å². The van der Waals surface area contributed by atoms with Crippen LogP contribution in [0.3, 0.4) is 0 Å². The molecule has 108 valence electrons. The molecule has 0 radical (unpaired) electrons. The predicted molar refractivity (Wildman–Crippen MR) is 85.5 cm³/mol. The fraction of sp³-hybridized carbons (Fsp3) is 0.267. The van der Waals surface area contributed by atoms with Crippen LogP contribution in [-0.2, 0) is 0 Å². The first-order chi connectivity index (χ1) is 10.3. The number of thiocarbonyl (C=S) groups is 1. The monoisotopic (exact) mass is 300 g/mol. The van der Waals surface area contributed by atoms with Gasteiger partial charge in [0.2, 0.25) is 0 Å². The van der Waals surface area contributed by atoms with Crippen molar-refractivity contribution in [3.63, 3.8) is 0 Å². The van der Waals surface area contributed by atoms with Crippen LogP contribution in [0.1, 0.15) is 18.0 Å². The molecule has 1 fully saturated rings. The number of aromatic nitrogens is 2. The predicted octanol–water partition coefficient (Wildman–Crippen LogP) is 2.33. The third-order valence-corrected chi connectivity index (χ3v) is 3.60. The Morgan fingerprint density at radius 2 is 2.10 bits per heavy atom. The zero-order valence-corrected chi connectivity index (χ0v) is 12.4. The molecule has 5 nitrogen and oxygen atoms in total. The standard InChI is InChI=1S/C15H16N4OS/c1-20-12-5-4-8-17-14(12)10-9-11(10)18-15(21)19-13-6-2-3-7-16-13/h2-8,10-11H,9H2,1H3,(H2,16,18,19,21). The lowest BCUT2D eigenvalue weighted by Gasteiger charge is -2.10. The topological polar surface area (TPSA) is 59.1 Å². The zero-order valence-electron chi connectivity index (χ0n) is 11.6. The molecule has 1 saturated carbocycles. The summed E-state index contributed by atoms with van der Waals surface area (Å²) in [4.78, 5) is 8.59. The first kappa shape index (κ1) is 13.8. The highest BCUT2D eigenvalue weighted by Crippen LogP contribution is 2.43. The van der Waals surface area contributed by atoms with Crippen LogP contribution < -0.4 is 15.4 Å². The minimum Gasteiger partial charge on any atom is -0.495 e. The van der Waals surface area contributed by atoms with E-state index in [1.54, 1.807) is 19.5 Å². The normalized spacial score (nSPS) is 19.7. The van der Waals surface area contributed by atoms with Crippen molar-refractivity contribution in [1.29, 1.82) is 0 Å². The number of hydrogen-bond acceptors (Lipinski definition) is 4. The molecule has 1 aliphatic rings. The third-order valence-electron chi connectivity index (χ3n) is 3.38. The summed E-state index contributed by atoms with van der Waals surface area (Å²) in [6.45, 7) is 0. The third kappa shape index (κ3) is 3.28. The summed E-state index contributed by atoms with van der Waals surface area (Å²) in [6.07, 6.45) is 4.51. The molecule has 0 spiro atoms. The summed E-state index contributed by atoms with van der Waals surface area (Å²) in [5, 5.41) is 6.94. The summed E-state index contributed by atoms with van der Waals surface area (Å²) >= 11 is 5.30. The highest BCUT2D eigenvalue weighted by Gasteiger charge is 2.41. The summed E-state index contributed by atoms with van der Waals surface area (Å²) < 4.78 is 5.35. The molecule has 2 atom stereocenters. The van der Waals surface area contributed by atoms with Crippen LogP contribution >= 0.6 is 12.2 Å². The van der Waals surface area contributed by atoms with E-state index in [4.69, 9.17) is 17.0 Å². The van der Waals surface area contributed by atoms with Gasteiger partial charge in [-0.3, -0.25) is 4.98 Å². The summed E-state index contributed by atoms with van der Waals surface area (Å²) in [7, 11) is 1.67. The number of anilines is 1. The number of nitrogens with zero attached hydrogens (tertiary/aromatic N) is 2. The Morgan fingerprint density at radius 1 is 1.24 bits per heavy atom. The molecule has 0 aromatic carbocycles. The van der Waals surface area contributed by atoms with Gasteiger partial charge in [0.15, 0.2) is 5.11 Å². The number of rotatable bonds is 4. The highest BCUT2D eigenvalue weighted by atomic mass is 32.1. The molecule has 6 heteroatoms. The van der Waals surface area contributed by atoms with Crippen LogP contribution in [0.25, 0.3) is 0 Å². The van der Waals surface area contributed by atoms with Gasteiger partial charge < -0.3 is 15.4 Å². The SMILES string of the molecule is COc1cccnc1C1CC1NC(=S)Nc1ccccn1. The van der Waals surface area contributed by atoms with E-state index in [2.05, 4.69) is 20.6 Å². The van der Waals surface area contributed by atoms with Crippen molar-refractivity contribution >= 4 is 23.1 Å². The first-order valence-electron chi connectivity index (χ1n) is 6.75. The molecule has 0 bridgehead atoms. The van der Waals surface area contributed by atoms with Gasteiger partial charge in [-0.1, -0.05) is 6.07 Å². The summed E-state index contributed by atoms with van der Waals surface area (Å²) in [5.74, 6) is 1.91. The molecule has 21 heavy (non-hydrogen) atoms. The fourth-order valence-electron chi connectivity index (χ4n) is 2.27. The van der Waals surface area contributed by atoms with Gasteiger partial charge >= 0.3 is 0 Å². The largest absolute Gasteiger partial charge is 0.495 e. The number of ether oxygens (including phenoxy) is 1. The Hall–Kier alpha value is -2.21. The average molecular weight is 300 g/mol. The molecule has 2 aromatic heterocycles. The lowest BCUT2D eigenvalue weighted by Crippen LogP contribution is -2.31. The van der Waals surface area contributed by atoms with E-state index < -0.39 is 0 Å². The molecular weight excluding hydrogens is 284 g/mol. The van der Waals surface area contributed by atoms with E-state index in [-0.39, 0.29) is 6.04 Å². The second-order valence-corrected chi connectivity index (χ2v) is 5.26. The van der Waals surface area contributed by atoms with Crippen LogP contribution in [-0.4, -0.2) is 28.2 Å². The molecule has 2 aromatic rings. The molecule has 2 unspecified atom stereocenters. The van der Waals surface area contributed by atoms with E-state index in [1.807, 2.05) is 30.3 Å². The summed E-state index contributed by atoms with van der Waals surface area (Å²) in [6, 6.07) is 9.75. The van der Waals surface area contributed by atoms with Crippen molar-refractivity contribution in [3.05, 3.63) is 48.4 Å². The van der Waals surface area contributed by atoms with Crippen molar-refractivity contribution in [2.45, 2.75) is 18.4 Å². The maximum atomic E-state index is 5.35.